The van der Waals surface area contributed by atoms with E-state index in [0.717, 1.165) is 56.8 Å². The zero-order valence-corrected chi connectivity index (χ0v) is 25.5. The van der Waals surface area contributed by atoms with Crippen LogP contribution in [0.25, 0.3) is 15.7 Å². The summed E-state index contributed by atoms with van der Waals surface area (Å²) >= 11 is 14.2. The Morgan fingerprint density at radius 2 is 2.02 bits per heavy atom. The molecule has 2 aliphatic heterocycles. The van der Waals surface area contributed by atoms with Gasteiger partial charge in [0, 0.05) is 38.4 Å². The number of anilines is 1. The van der Waals surface area contributed by atoms with Crippen LogP contribution in [-0.2, 0) is 24.0 Å². The molecule has 3 aromatic rings. The first kappa shape index (κ1) is 31.1. The third kappa shape index (κ3) is 5.11. The summed E-state index contributed by atoms with van der Waals surface area (Å²) in [6, 6.07) is 2.17. The number of nitrogen functional groups attached to an aromatic ring is 1. The number of hydrogen-bond donors (Lipinski definition) is 6. The number of carboxylic acids is 2. The number of phenolic OH excluding ortho intramolecular Hbond substituents is 2. The van der Waals surface area contributed by atoms with E-state index in [9.17, 15) is 39.3 Å². The summed E-state index contributed by atoms with van der Waals surface area (Å²) in [5, 5.41) is 46.0. The van der Waals surface area contributed by atoms with Crippen molar-refractivity contribution in [2.24, 2.45) is 5.16 Å². The molecule has 1 saturated heterocycles. The van der Waals surface area contributed by atoms with E-state index in [2.05, 4.69) is 15.5 Å². The monoisotopic (exact) mass is 697 g/mol. The number of thioether (sulfide) groups is 1. The molecule has 1 fully saturated rings. The van der Waals surface area contributed by atoms with Gasteiger partial charge in [0.05, 0.1) is 4.70 Å². The third-order valence-corrected chi connectivity index (χ3v) is 10.4. The van der Waals surface area contributed by atoms with Crippen LogP contribution in [0.2, 0.25) is 5.02 Å². The molecule has 2 aliphatic rings. The molecule has 2 aromatic heterocycles. The van der Waals surface area contributed by atoms with E-state index in [0.29, 0.717) is 0 Å². The smallest absolute Gasteiger partial charge is 0.353 e. The quantitative estimate of drug-likeness (QED) is 0.0610. The Kier molecular flexibility index (Phi) is 8.25. The van der Waals surface area contributed by atoms with Gasteiger partial charge in [-0.3, -0.25) is 19.3 Å². The normalized spacial score (nSPS) is 19.8. The van der Waals surface area contributed by atoms with Crippen molar-refractivity contribution >= 4 is 114 Å². The zero-order valence-electron chi connectivity index (χ0n) is 21.5. The minimum Gasteiger partial charge on any atom is -0.504 e. The highest BCUT2D eigenvalue weighted by Crippen LogP contribution is 2.49. The average Bonchev–Trinajstić information content (AvgIpc) is 3.41. The fourth-order valence-corrected chi connectivity index (χ4v) is 8.32. The number of carbonyl (C=O) groups is 4. The molecule has 0 saturated carbocycles. The van der Waals surface area contributed by atoms with Crippen LogP contribution in [0.15, 0.2) is 33.2 Å². The number of aromatic hydroxyl groups is 2. The Hall–Kier alpha value is -4.30. The molecule has 20 heteroatoms. The molecule has 0 aliphatic carbocycles. The Balaban J connectivity index is 1.52. The lowest BCUT2D eigenvalue weighted by atomic mass is 9.87. The Morgan fingerprint density at radius 3 is 2.64 bits per heavy atom. The van der Waals surface area contributed by atoms with Crippen LogP contribution in [0, 0.1) is 0 Å². The standard InChI is InChI=1S/C24H16ClN5O10S4/c25-14-17(35)11(32)1-7-10(31)2-12(44-18(7)14)8-4-42-22-24(6-41,21(39)30(22)16(8)20(37)38)28-19(36)15(29-40-3-13(33)34)9-5-43-23(26)27-9/h1-2,5-6,22,32,35H,3-4H2,(H2,26,27)(H,28,36)(H,33,34)(H,37,38)/b29-15-/t22-,24+/m0/s1. The van der Waals surface area contributed by atoms with Gasteiger partial charge in [-0.05, 0) is 6.07 Å². The number of aromatic nitrogens is 1. The number of thiazole rings is 1. The van der Waals surface area contributed by atoms with Crippen molar-refractivity contribution in [2.75, 3.05) is 18.1 Å². The van der Waals surface area contributed by atoms with Crippen LogP contribution in [-0.4, -0.2) is 88.4 Å². The summed E-state index contributed by atoms with van der Waals surface area (Å²) in [6.45, 7) is -0.887. The highest BCUT2D eigenvalue weighted by atomic mass is 35.5. The van der Waals surface area contributed by atoms with Crippen molar-refractivity contribution in [1.82, 2.24) is 15.2 Å². The molecular formula is C24H16ClN5O10S4. The molecule has 0 unspecified atom stereocenters. The van der Waals surface area contributed by atoms with Gasteiger partial charge in [0.25, 0.3) is 11.8 Å². The van der Waals surface area contributed by atoms with E-state index in [1.165, 1.54) is 5.38 Å². The predicted molar refractivity (Wildman–Crippen MR) is 165 cm³/mol. The van der Waals surface area contributed by atoms with Crippen molar-refractivity contribution in [3.63, 3.8) is 0 Å². The van der Waals surface area contributed by atoms with Crippen molar-refractivity contribution in [3.05, 3.63) is 49.0 Å². The number of thiocarbonyl (C=S) groups is 1. The van der Waals surface area contributed by atoms with Crippen LogP contribution < -0.4 is 16.5 Å². The van der Waals surface area contributed by atoms with Gasteiger partial charge in [-0.15, -0.1) is 34.4 Å². The van der Waals surface area contributed by atoms with Crippen molar-refractivity contribution in [3.8, 4) is 11.5 Å². The third-order valence-electron chi connectivity index (χ3n) is 6.35. The van der Waals surface area contributed by atoms with Gasteiger partial charge in [-0.25, -0.2) is 14.6 Å². The number of carbonyl (C=O) groups excluding carboxylic acids is 2. The van der Waals surface area contributed by atoms with Gasteiger partial charge in [-0.2, -0.15) is 0 Å². The number of benzene rings is 1. The highest BCUT2D eigenvalue weighted by molar-refractivity contribution is 8.00. The van der Waals surface area contributed by atoms with Crippen molar-refractivity contribution < 1.29 is 44.4 Å². The first-order valence-electron chi connectivity index (χ1n) is 11.8. The van der Waals surface area contributed by atoms with Gasteiger partial charge in [0.15, 0.2) is 33.3 Å². The molecule has 228 valence electrons. The number of nitrogens with zero attached hydrogens (tertiary/aromatic N) is 3. The number of oxime groups is 1. The lowest BCUT2D eigenvalue weighted by Crippen LogP contribution is -2.80. The average molecular weight is 698 g/mol. The molecule has 5 rings (SSSR count). The predicted octanol–water partition coefficient (Wildman–Crippen LogP) is 1.44. The molecule has 2 amide bonds. The summed E-state index contributed by atoms with van der Waals surface area (Å²) in [7, 11) is 0. The molecule has 2 atom stereocenters. The van der Waals surface area contributed by atoms with E-state index in [1.54, 1.807) is 0 Å². The topological polar surface area (TPSA) is 242 Å². The molecule has 0 spiro atoms. The van der Waals surface area contributed by atoms with E-state index in [1.807, 2.05) is 0 Å². The van der Waals surface area contributed by atoms with Crippen LogP contribution in [0.1, 0.15) is 10.6 Å². The first-order chi connectivity index (χ1) is 20.8. The molecule has 4 heterocycles. The number of aliphatic carboxylic acids is 2. The summed E-state index contributed by atoms with van der Waals surface area (Å²) in [4.78, 5) is 73.0. The lowest BCUT2D eigenvalue weighted by Gasteiger charge is -2.55. The maximum atomic E-state index is 13.6. The number of amides is 2. The Morgan fingerprint density at radius 1 is 1.30 bits per heavy atom. The molecule has 0 radical (unpaired) electrons. The minimum absolute atomic E-state index is 0.00741. The fourth-order valence-electron chi connectivity index (χ4n) is 4.40. The highest BCUT2D eigenvalue weighted by Gasteiger charge is 2.65. The summed E-state index contributed by atoms with van der Waals surface area (Å²) in [5.41, 5.74) is 2.16. The molecular weight excluding hydrogens is 682 g/mol. The molecule has 1 aromatic carbocycles. The van der Waals surface area contributed by atoms with Gasteiger partial charge in [0.1, 0.15) is 21.8 Å². The first-order valence-corrected chi connectivity index (χ1v) is 15.4. The second-order valence-electron chi connectivity index (χ2n) is 9.00. The van der Waals surface area contributed by atoms with Crippen LogP contribution >= 0.6 is 58.3 Å². The maximum absolute atomic E-state index is 13.6. The number of rotatable bonds is 9. The number of fused-ring (bicyclic) bond motifs is 2. The molecule has 44 heavy (non-hydrogen) atoms. The number of nitrogens with one attached hydrogen (secondary N) is 1. The fraction of sp³-hybridized carbons (Fsp3) is 0.167. The lowest BCUT2D eigenvalue weighted by molar-refractivity contribution is -0.153. The van der Waals surface area contributed by atoms with E-state index in [4.69, 9.17) is 39.5 Å². The summed E-state index contributed by atoms with van der Waals surface area (Å²) < 4.78 is 0.0869. The van der Waals surface area contributed by atoms with Crippen LogP contribution in [0.4, 0.5) is 5.13 Å². The maximum Gasteiger partial charge on any atom is 0.353 e. The number of phenols is 2. The van der Waals surface area contributed by atoms with Crippen molar-refractivity contribution in [2.45, 2.75) is 10.9 Å². The van der Waals surface area contributed by atoms with Gasteiger partial charge >= 0.3 is 11.9 Å². The Labute approximate surface area is 267 Å². The second-order valence-corrected chi connectivity index (χ2v) is 12.6. The van der Waals surface area contributed by atoms with Crippen molar-refractivity contribution in [1.29, 1.82) is 0 Å². The molecule has 7 N–H and O–H groups in total. The SMILES string of the molecule is Nc1nc(/C(=N/OCC(=O)O)C(=O)N[C@]2(C=S)C(=O)N3C(C(=O)O)=C(c4cc(=O)c5cc(O)c(O)c(Cl)c5s4)CS[C@H]32)cs1. The summed E-state index contributed by atoms with van der Waals surface area (Å²) in [5.74, 6) is -6.16. The number of nitrogens with two attached hydrogens (primary N) is 1. The number of hydrogen-bond acceptors (Lipinski definition) is 15. The van der Waals surface area contributed by atoms with Crippen LogP contribution in [0.5, 0.6) is 11.5 Å². The Bertz CT molecular complexity index is 1920. The number of β-lactam (4-membered cyclic amide) rings is 1. The number of halogens is 1. The van der Waals surface area contributed by atoms with E-state index >= 15 is 0 Å². The minimum atomic E-state index is -1.90. The molecule has 0 bridgehead atoms. The van der Waals surface area contributed by atoms with Gasteiger partial charge < -0.3 is 36.3 Å². The van der Waals surface area contributed by atoms with E-state index < -0.39 is 69.6 Å². The number of carboxylic acid groups (broad SMARTS) is 2. The summed E-state index contributed by atoms with van der Waals surface area (Å²) in [6.07, 6.45) is 0. The van der Waals surface area contributed by atoms with E-state index in [-0.39, 0.29) is 42.1 Å². The van der Waals surface area contributed by atoms with Crippen LogP contribution in [0.3, 0.4) is 0 Å². The largest absolute Gasteiger partial charge is 0.504 e. The van der Waals surface area contributed by atoms with Gasteiger partial charge in [0.2, 0.25) is 6.61 Å². The zero-order chi connectivity index (χ0) is 32.1. The van der Waals surface area contributed by atoms with Gasteiger partial charge in [-0.1, -0.05) is 29.0 Å². The molecule has 15 nitrogen and oxygen atoms in total. The second kappa shape index (κ2) is 11.7.